The summed E-state index contributed by atoms with van der Waals surface area (Å²) >= 11 is 0. The smallest absolute Gasteiger partial charge is 0.326 e. The molecule has 0 saturated heterocycles. The van der Waals surface area contributed by atoms with E-state index in [1.54, 1.807) is 17.1 Å². The van der Waals surface area contributed by atoms with Gasteiger partial charge in [-0.3, -0.25) is 19.1 Å². The first kappa shape index (κ1) is 30.8. The van der Waals surface area contributed by atoms with E-state index in [9.17, 15) is 24.0 Å². The van der Waals surface area contributed by atoms with Crippen LogP contribution < -0.4 is 21.7 Å². The highest BCUT2D eigenvalue weighted by Crippen LogP contribution is 2.15. The Morgan fingerprint density at radius 3 is 2.41 bits per heavy atom. The summed E-state index contributed by atoms with van der Waals surface area (Å²) < 4.78 is 6.44. The first-order chi connectivity index (χ1) is 18.7. The molecule has 0 radical (unpaired) electrons. The number of carboxylic acids is 2. The molecule has 14 heteroatoms. The third-order valence-corrected chi connectivity index (χ3v) is 5.74. The summed E-state index contributed by atoms with van der Waals surface area (Å²) in [6, 6.07) is 6.59. The fourth-order valence-corrected chi connectivity index (χ4v) is 3.69. The van der Waals surface area contributed by atoms with Crippen molar-refractivity contribution in [3.63, 3.8) is 0 Å². The molecule has 0 aliphatic heterocycles. The number of hydrogen-bond donors (Lipinski definition) is 6. The Hall–Kier alpha value is -4.46. The minimum Gasteiger partial charge on any atom is -0.481 e. The average Bonchev–Trinajstić information content (AvgIpc) is 3.38. The number of nitrogens with two attached hydrogens (primary N) is 1. The van der Waals surface area contributed by atoms with E-state index in [4.69, 9.17) is 20.7 Å². The number of unbranched alkanes of at least 4 members (excludes halogenated alkanes) is 1. The van der Waals surface area contributed by atoms with E-state index in [2.05, 4.69) is 21.0 Å². The number of carbonyl (C=O) groups excluding carboxylic acids is 3. The standard InChI is InChI=1S/C25H34N6O8/c26-13-18-14-28-31(15-18)20(12-17-6-2-1-3-7-17)23(35)27-11-5-4-8-21(39-16-32)30-25(38)29-19(24(36)37)9-10-22(33)34/h1-3,6-7,14-16,19-21H,4-5,8-13,26H2,(H,27,35)(H,33,34)(H,36,37)(H2,29,30,38)/t19-,20-,21+/m0/s1. The van der Waals surface area contributed by atoms with Crippen LogP contribution in [0.15, 0.2) is 42.7 Å². The maximum atomic E-state index is 13.0. The first-order valence-electron chi connectivity index (χ1n) is 12.4. The predicted molar refractivity (Wildman–Crippen MR) is 137 cm³/mol. The molecule has 3 amide bonds. The Kier molecular flexibility index (Phi) is 12.9. The van der Waals surface area contributed by atoms with Crippen molar-refractivity contribution in [2.45, 2.75) is 63.4 Å². The number of benzene rings is 1. The van der Waals surface area contributed by atoms with Crippen molar-refractivity contribution in [2.75, 3.05) is 6.54 Å². The molecule has 3 atom stereocenters. The molecule has 0 unspecified atom stereocenters. The van der Waals surface area contributed by atoms with Gasteiger partial charge in [-0.25, -0.2) is 9.59 Å². The van der Waals surface area contributed by atoms with Crippen LogP contribution >= 0.6 is 0 Å². The highest BCUT2D eigenvalue weighted by atomic mass is 16.5. The maximum Gasteiger partial charge on any atom is 0.326 e. The highest BCUT2D eigenvalue weighted by Gasteiger charge is 2.24. The Labute approximate surface area is 224 Å². The molecule has 0 spiro atoms. The van der Waals surface area contributed by atoms with Crippen LogP contribution in [0.4, 0.5) is 4.79 Å². The molecule has 1 aromatic heterocycles. The lowest BCUT2D eigenvalue weighted by molar-refractivity contribution is -0.141. The molecule has 39 heavy (non-hydrogen) atoms. The van der Waals surface area contributed by atoms with Gasteiger partial charge in [0.1, 0.15) is 12.1 Å². The second kappa shape index (κ2) is 16.4. The molecule has 0 saturated carbocycles. The molecule has 2 rings (SSSR count). The van der Waals surface area contributed by atoms with Gasteiger partial charge in [0.25, 0.3) is 6.47 Å². The molecule has 7 N–H and O–H groups in total. The number of aromatic nitrogens is 2. The van der Waals surface area contributed by atoms with Crippen LogP contribution in [0.2, 0.25) is 0 Å². The minimum absolute atomic E-state index is 0.152. The number of carboxylic acid groups (broad SMARTS) is 2. The van der Waals surface area contributed by atoms with Crippen LogP contribution in [0.1, 0.15) is 49.3 Å². The summed E-state index contributed by atoms with van der Waals surface area (Å²) in [5.41, 5.74) is 7.45. The van der Waals surface area contributed by atoms with Crippen LogP contribution in [0, 0.1) is 0 Å². The van der Waals surface area contributed by atoms with Gasteiger partial charge in [-0.15, -0.1) is 0 Å². The van der Waals surface area contributed by atoms with Gasteiger partial charge in [0.2, 0.25) is 5.91 Å². The second-order valence-electron chi connectivity index (χ2n) is 8.69. The van der Waals surface area contributed by atoms with Gasteiger partial charge in [-0.2, -0.15) is 5.10 Å². The van der Waals surface area contributed by atoms with E-state index < -0.39 is 42.7 Å². The molecule has 2 aromatic rings. The third-order valence-electron chi connectivity index (χ3n) is 5.74. The van der Waals surface area contributed by atoms with Crippen molar-refractivity contribution < 1.29 is 38.9 Å². The van der Waals surface area contributed by atoms with Crippen molar-refractivity contribution in [1.29, 1.82) is 0 Å². The zero-order valence-corrected chi connectivity index (χ0v) is 21.3. The molecule has 0 aliphatic rings. The molecule has 0 fully saturated rings. The zero-order valence-electron chi connectivity index (χ0n) is 21.3. The fraction of sp³-hybridized carbons (Fsp3) is 0.440. The van der Waals surface area contributed by atoms with E-state index in [0.717, 1.165) is 11.1 Å². The van der Waals surface area contributed by atoms with Crippen LogP contribution in [0.5, 0.6) is 0 Å². The summed E-state index contributed by atoms with van der Waals surface area (Å²) in [5, 5.41) is 29.5. The molecule has 212 valence electrons. The Bertz CT molecular complexity index is 1090. The van der Waals surface area contributed by atoms with Gasteiger partial charge in [-0.05, 0) is 24.8 Å². The normalized spacial score (nSPS) is 12.9. The Balaban J connectivity index is 1.84. The number of carbonyl (C=O) groups is 5. The number of nitrogens with zero attached hydrogens (tertiary/aromatic N) is 2. The highest BCUT2D eigenvalue weighted by molar-refractivity contribution is 5.83. The molecular weight excluding hydrogens is 512 g/mol. The summed E-state index contributed by atoms with van der Waals surface area (Å²) in [7, 11) is 0. The lowest BCUT2D eigenvalue weighted by atomic mass is 10.1. The summed E-state index contributed by atoms with van der Waals surface area (Å²) in [4.78, 5) is 57.9. The van der Waals surface area contributed by atoms with Gasteiger partial charge in [0, 0.05) is 44.1 Å². The topological polar surface area (TPSA) is 215 Å². The number of aliphatic carboxylic acids is 2. The van der Waals surface area contributed by atoms with Crippen molar-refractivity contribution in [2.24, 2.45) is 5.73 Å². The molecule has 0 bridgehead atoms. The van der Waals surface area contributed by atoms with Crippen molar-refractivity contribution >= 4 is 30.3 Å². The molecule has 0 aliphatic carbocycles. The third kappa shape index (κ3) is 11.2. The molecular formula is C25H34N6O8. The van der Waals surface area contributed by atoms with Crippen LogP contribution in [-0.4, -0.2) is 69.2 Å². The van der Waals surface area contributed by atoms with Gasteiger partial charge in [-0.1, -0.05) is 30.3 Å². The summed E-state index contributed by atoms with van der Waals surface area (Å²) in [6.07, 6.45) is 3.12. The Morgan fingerprint density at radius 2 is 1.79 bits per heavy atom. The minimum atomic E-state index is -1.42. The SMILES string of the molecule is NCc1cnn([C@@H](Cc2ccccc2)C(=O)NCCCC[C@H](NC(=O)N[C@@H](CCC(=O)O)C(=O)O)OC=O)c1. The average molecular weight is 547 g/mol. The van der Waals surface area contributed by atoms with E-state index >= 15 is 0 Å². The van der Waals surface area contributed by atoms with Gasteiger partial charge >= 0.3 is 18.0 Å². The molecule has 1 aromatic carbocycles. The van der Waals surface area contributed by atoms with Gasteiger partial charge in [0.15, 0.2) is 6.23 Å². The maximum absolute atomic E-state index is 13.0. The van der Waals surface area contributed by atoms with Crippen LogP contribution in [0.25, 0.3) is 0 Å². The monoisotopic (exact) mass is 546 g/mol. The summed E-state index contributed by atoms with van der Waals surface area (Å²) in [6.45, 7) is 0.764. The van der Waals surface area contributed by atoms with Crippen molar-refractivity contribution in [3.8, 4) is 0 Å². The van der Waals surface area contributed by atoms with Crippen LogP contribution in [-0.2, 0) is 36.9 Å². The number of rotatable bonds is 18. The number of amides is 3. The van der Waals surface area contributed by atoms with E-state index in [1.165, 1.54) is 0 Å². The van der Waals surface area contributed by atoms with Gasteiger partial charge < -0.3 is 36.6 Å². The molecule has 14 nitrogen and oxygen atoms in total. The largest absolute Gasteiger partial charge is 0.481 e. The lowest BCUT2D eigenvalue weighted by Gasteiger charge is -2.20. The number of urea groups is 1. The van der Waals surface area contributed by atoms with Crippen LogP contribution in [0.3, 0.4) is 0 Å². The van der Waals surface area contributed by atoms with E-state index in [1.807, 2.05) is 30.3 Å². The number of nitrogens with one attached hydrogen (secondary N) is 3. The van der Waals surface area contributed by atoms with Crippen molar-refractivity contribution in [3.05, 3.63) is 53.9 Å². The lowest BCUT2D eigenvalue weighted by Crippen LogP contribution is -2.49. The predicted octanol–water partition coefficient (Wildman–Crippen LogP) is 0.528. The first-order valence-corrected chi connectivity index (χ1v) is 12.4. The fourth-order valence-electron chi connectivity index (χ4n) is 3.69. The zero-order chi connectivity index (χ0) is 28.6. The van der Waals surface area contributed by atoms with E-state index in [-0.39, 0.29) is 25.2 Å². The Morgan fingerprint density at radius 1 is 1.05 bits per heavy atom. The molecule has 1 heterocycles. The van der Waals surface area contributed by atoms with Crippen molar-refractivity contribution in [1.82, 2.24) is 25.7 Å². The number of ether oxygens (including phenoxy) is 1. The number of hydrogen-bond acceptors (Lipinski definition) is 8. The van der Waals surface area contributed by atoms with Gasteiger partial charge in [0.05, 0.1) is 6.20 Å². The summed E-state index contributed by atoms with van der Waals surface area (Å²) in [5.74, 6) is -2.83. The van der Waals surface area contributed by atoms with E-state index in [0.29, 0.717) is 32.4 Å². The quantitative estimate of drug-likeness (QED) is 0.0866. The second-order valence-corrected chi connectivity index (χ2v) is 8.69.